The lowest BCUT2D eigenvalue weighted by atomic mass is 9.76. The third-order valence-electron chi connectivity index (χ3n) is 6.37. The number of amides is 1. The summed E-state index contributed by atoms with van der Waals surface area (Å²) in [6.45, 7) is 5.60. The molecule has 1 aromatic carbocycles. The number of hydrogen-bond donors (Lipinski definition) is 4. The predicted octanol–water partition coefficient (Wildman–Crippen LogP) is 2.56. The van der Waals surface area contributed by atoms with E-state index in [2.05, 4.69) is 30.2 Å². The van der Waals surface area contributed by atoms with E-state index in [1.165, 1.54) is 12.4 Å². The third-order valence-corrected chi connectivity index (χ3v) is 6.37. The van der Waals surface area contributed by atoms with E-state index in [1.54, 1.807) is 12.4 Å². The molecule has 1 saturated carbocycles. The van der Waals surface area contributed by atoms with E-state index in [4.69, 9.17) is 11.5 Å². The number of nitrogens with zero attached hydrogens (tertiary/aromatic N) is 5. The number of nitrogens with one attached hydrogen (secondary N) is 1. The molecule has 1 aliphatic rings. The monoisotopic (exact) mass is 474 g/mol. The molecule has 1 amide bonds. The van der Waals surface area contributed by atoms with Crippen LogP contribution >= 0.6 is 0 Å². The number of aliphatic hydroxyl groups is 1. The number of aliphatic hydroxyl groups excluding tert-OH is 1. The molecule has 0 saturated heterocycles. The number of rotatable bonds is 8. The van der Waals surface area contributed by atoms with Crippen LogP contribution in [0.2, 0.25) is 0 Å². The highest BCUT2D eigenvalue weighted by atomic mass is 16.3. The Morgan fingerprint density at radius 2 is 1.69 bits per heavy atom. The summed E-state index contributed by atoms with van der Waals surface area (Å²) >= 11 is 0. The van der Waals surface area contributed by atoms with Crippen molar-refractivity contribution in [3.8, 4) is 11.1 Å². The Kier molecular flexibility index (Phi) is 6.49. The van der Waals surface area contributed by atoms with E-state index >= 15 is 0 Å². The maximum atomic E-state index is 12.8. The van der Waals surface area contributed by atoms with Crippen LogP contribution in [0.15, 0.2) is 54.0 Å². The van der Waals surface area contributed by atoms with Crippen molar-refractivity contribution in [3.05, 3.63) is 60.3 Å². The molecular formula is C25H30N8O2. The summed E-state index contributed by atoms with van der Waals surface area (Å²) in [6, 6.07) is 7.95. The second-order valence-corrected chi connectivity index (χ2v) is 9.64. The zero-order valence-corrected chi connectivity index (χ0v) is 20.1. The number of carbonyl (C=O) groups excluding carboxylic acids is 1. The highest BCUT2D eigenvalue weighted by Crippen LogP contribution is 2.47. The van der Waals surface area contributed by atoms with Crippen LogP contribution in [0.25, 0.3) is 11.1 Å². The van der Waals surface area contributed by atoms with E-state index in [0.29, 0.717) is 11.7 Å². The number of benzene rings is 1. The van der Waals surface area contributed by atoms with Gasteiger partial charge in [0.15, 0.2) is 0 Å². The molecule has 1 fully saturated rings. The fraction of sp³-hybridized carbons (Fsp3) is 0.360. The molecule has 1 atom stereocenters. The zero-order valence-electron chi connectivity index (χ0n) is 20.1. The first kappa shape index (κ1) is 24.2. The van der Waals surface area contributed by atoms with Crippen molar-refractivity contribution in [3.63, 3.8) is 0 Å². The van der Waals surface area contributed by atoms with Crippen LogP contribution in [0.5, 0.6) is 0 Å². The van der Waals surface area contributed by atoms with Gasteiger partial charge in [0.25, 0.3) is 5.91 Å². The molecule has 6 N–H and O–H groups in total. The lowest BCUT2D eigenvalue weighted by molar-refractivity contribution is 0.0996. The van der Waals surface area contributed by atoms with E-state index in [-0.39, 0.29) is 24.1 Å². The Balaban J connectivity index is 1.56. The minimum atomic E-state index is -0.591. The summed E-state index contributed by atoms with van der Waals surface area (Å²) < 4.78 is 0. The van der Waals surface area contributed by atoms with Crippen LogP contribution in [0.1, 0.15) is 49.7 Å². The van der Waals surface area contributed by atoms with Crippen LogP contribution < -0.4 is 16.8 Å². The number of hydrogen-bond acceptors (Lipinski definition) is 8. The topological polar surface area (TPSA) is 165 Å². The van der Waals surface area contributed by atoms with E-state index in [9.17, 15) is 9.90 Å². The second-order valence-electron chi connectivity index (χ2n) is 9.64. The first-order valence-corrected chi connectivity index (χ1v) is 11.4. The van der Waals surface area contributed by atoms with Gasteiger partial charge in [-0.25, -0.2) is 19.9 Å². The fourth-order valence-corrected chi connectivity index (χ4v) is 3.92. The average molecular weight is 475 g/mol. The molecule has 10 nitrogen and oxygen atoms in total. The maximum absolute atomic E-state index is 12.8. The SMILES string of the molecule is CC(C)(CO)Nc1cnc(C(=O)N=C(N)C(C)(c2ccc(-c3cnc(N)nc3)cc2)C2CC2)cn1. The number of aromatic nitrogens is 4. The number of anilines is 2. The first-order chi connectivity index (χ1) is 16.6. The average Bonchev–Trinajstić information content (AvgIpc) is 3.70. The Morgan fingerprint density at radius 1 is 1.03 bits per heavy atom. The van der Waals surface area contributed by atoms with E-state index in [0.717, 1.165) is 29.5 Å². The quantitative estimate of drug-likeness (QED) is 0.283. The Bertz CT molecular complexity index is 1220. The van der Waals surface area contributed by atoms with Crippen LogP contribution in [0, 0.1) is 5.92 Å². The highest BCUT2D eigenvalue weighted by Gasteiger charge is 2.46. The number of nitrogens with two attached hydrogens (primary N) is 2. The van der Waals surface area contributed by atoms with Crippen molar-refractivity contribution in [1.29, 1.82) is 0 Å². The summed E-state index contributed by atoms with van der Waals surface area (Å²) in [5.74, 6) is 0.671. The van der Waals surface area contributed by atoms with E-state index in [1.807, 2.05) is 45.0 Å². The van der Waals surface area contributed by atoms with Crippen molar-refractivity contribution < 1.29 is 9.90 Å². The van der Waals surface area contributed by atoms with Gasteiger partial charge in [-0.3, -0.25) is 4.79 Å². The minimum Gasteiger partial charge on any atom is -0.394 e. The summed E-state index contributed by atoms with van der Waals surface area (Å²) in [7, 11) is 0. The Labute approximate surface area is 204 Å². The molecule has 2 heterocycles. The predicted molar refractivity (Wildman–Crippen MR) is 135 cm³/mol. The molecule has 0 radical (unpaired) electrons. The van der Waals surface area contributed by atoms with Gasteiger partial charge >= 0.3 is 0 Å². The van der Waals surface area contributed by atoms with Crippen LogP contribution in [0.3, 0.4) is 0 Å². The van der Waals surface area contributed by atoms with Crippen LogP contribution in [0.4, 0.5) is 11.8 Å². The van der Waals surface area contributed by atoms with E-state index < -0.39 is 16.9 Å². The zero-order chi connectivity index (χ0) is 25.2. The standard InChI is InChI=1S/C25H30N8O2/c1-24(2,14-34)33-20-13-28-19(12-29-20)21(35)32-22(26)25(3,18-8-9-18)17-6-4-15(5-7-17)16-10-30-23(27)31-11-16/h4-7,10-13,18,34H,8-9,14H2,1-3H3,(H,29,33)(H2,26,32,35)(H2,27,30,31). The molecule has 10 heteroatoms. The van der Waals surface area contributed by atoms with Gasteiger partial charge in [-0.05, 0) is 50.7 Å². The van der Waals surface area contributed by atoms with Gasteiger partial charge in [-0.15, -0.1) is 0 Å². The maximum Gasteiger partial charge on any atom is 0.298 e. The van der Waals surface area contributed by atoms with Crippen molar-refractivity contribution >= 4 is 23.5 Å². The lowest BCUT2D eigenvalue weighted by Gasteiger charge is -2.30. The molecule has 182 valence electrons. The Hall–Kier alpha value is -3.92. The van der Waals surface area contributed by atoms with Crippen molar-refractivity contribution in [1.82, 2.24) is 19.9 Å². The molecule has 3 aromatic rings. The summed E-state index contributed by atoms with van der Waals surface area (Å²) in [6.07, 6.45) is 8.17. The summed E-state index contributed by atoms with van der Waals surface area (Å²) in [5.41, 5.74) is 13.8. The molecule has 1 unspecified atom stereocenters. The molecule has 0 aliphatic heterocycles. The van der Waals surface area contributed by atoms with Crippen molar-refractivity contribution in [2.45, 2.75) is 44.6 Å². The van der Waals surface area contributed by atoms with Gasteiger partial charge in [0, 0.05) is 18.0 Å². The number of nitrogen functional groups attached to an aromatic ring is 1. The van der Waals surface area contributed by atoms with Gasteiger partial charge in [0.05, 0.1) is 30.0 Å². The molecule has 1 aliphatic carbocycles. The van der Waals surface area contributed by atoms with Gasteiger partial charge in [-0.2, -0.15) is 4.99 Å². The summed E-state index contributed by atoms with van der Waals surface area (Å²) in [5, 5.41) is 12.4. The number of amidine groups is 1. The van der Waals surface area contributed by atoms with Crippen LogP contribution in [-0.4, -0.2) is 48.9 Å². The molecular weight excluding hydrogens is 444 g/mol. The molecule has 2 aromatic heterocycles. The fourth-order valence-electron chi connectivity index (χ4n) is 3.92. The largest absolute Gasteiger partial charge is 0.394 e. The van der Waals surface area contributed by atoms with Gasteiger partial charge in [0.2, 0.25) is 5.95 Å². The van der Waals surface area contributed by atoms with Crippen molar-refractivity contribution in [2.24, 2.45) is 16.6 Å². The van der Waals surface area contributed by atoms with Gasteiger partial charge < -0.3 is 21.9 Å². The second kappa shape index (κ2) is 9.38. The first-order valence-electron chi connectivity index (χ1n) is 11.4. The number of aliphatic imine (C=N–C) groups is 1. The van der Waals surface area contributed by atoms with Crippen molar-refractivity contribution in [2.75, 3.05) is 17.7 Å². The highest BCUT2D eigenvalue weighted by molar-refractivity contribution is 6.05. The van der Waals surface area contributed by atoms with Gasteiger partial charge in [-0.1, -0.05) is 24.3 Å². The van der Waals surface area contributed by atoms with Crippen LogP contribution in [-0.2, 0) is 5.41 Å². The smallest absolute Gasteiger partial charge is 0.298 e. The molecule has 4 rings (SSSR count). The number of carbonyl (C=O) groups is 1. The normalized spacial score (nSPS) is 15.9. The third kappa shape index (κ3) is 5.27. The van der Waals surface area contributed by atoms with Gasteiger partial charge in [0.1, 0.15) is 17.3 Å². The molecule has 35 heavy (non-hydrogen) atoms. The Morgan fingerprint density at radius 3 is 2.23 bits per heavy atom. The molecule has 0 bridgehead atoms. The lowest BCUT2D eigenvalue weighted by Crippen LogP contribution is -2.41. The summed E-state index contributed by atoms with van der Waals surface area (Å²) in [4.78, 5) is 33.6. The minimum absolute atomic E-state index is 0.0787. The molecule has 0 spiro atoms.